The van der Waals surface area contributed by atoms with Gasteiger partial charge < -0.3 is 5.11 Å². The smallest absolute Gasteiger partial charge is 0.301 e. The standard InChI is InChI=1S/C25H16BrClN4O3S2/c26-17-7-5-15(6-8-17)21(32)19-20(14-9-11-28-12-10-14)31(23(34)22(19)33)24-29-30-25(36-24)35-13-16-3-1-2-4-18(16)27/h1-12,20,32H,13H2/b21-19-. The number of Topliss-reactive ketones (excluding diaryl/α,β-unsaturated/α-hetero) is 1. The van der Waals surface area contributed by atoms with Crippen molar-refractivity contribution in [2.75, 3.05) is 4.90 Å². The van der Waals surface area contributed by atoms with Crippen molar-refractivity contribution in [1.29, 1.82) is 0 Å². The van der Waals surface area contributed by atoms with E-state index in [1.807, 2.05) is 24.3 Å². The van der Waals surface area contributed by atoms with Gasteiger partial charge in [0, 0.05) is 33.2 Å². The van der Waals surface area contributed by atoms with Crippen LogP contribution in [0.5, 0.6) is 0 Å². The first-order valence-electron chi connectivity index (χ1n) is 10.6. The number of halogens is 2. The maximum Gasteiger partial charge on any atom is 0.301 e. The first-order chi connectivity index (χ1) is 17.4. The molecule has 0 aliphatic carbocycles. The van der Waals surface area contributed by atoms with Crippen LogP contribution in [-0.4, -0.2) is 32.0 Å². The summed E-state index contributed by atoms with van der Waals surface area (Å²) in [6.07, 6.45) is 3.14. The van der Waals surface area contributed by atoms with Crippen LogP contribution >= 0.6 is 50.6 Å². The van der Waals surface area contributed by atoms with Crippen LogP contribution < -0.4 is 4.90 Å². The number of benzene rings is 2. The van der Waals surface area contributed by atoms with Crippen LogP contribution in [0.2, 0.25) is 5.02 Å². The lowest BCUT2D eigenvalue weighted by Crippen LogP contribution is -2.29. The second-order valence-electron chi connectivity index (χ2n) is 7.69. The molecule has 2 aromatic carbocycles. The quantitative estimate of drug-likeness (QED) is 0.0918. The molecule has 1 aliphatic heterocycles. The van der Waals surface area contributed by atoms with E-state index < -0.39 is 17.7 Å². The third-order valence-corrected chi connectivity index (χ3v) is 8.50. The topological polar surface area (TPSA) is 96.3 Å². The Bertz CT molecular complexity index is 1480. The number of anilines is 1. The van der Waals surface area contributed by atoms with Crippen LogP contribution in [0.1, 0.15) is 22.7 Å². The second-order valence-corrected chi connectivity index (χ2v) is 11.2. The lowest BCUT2D eigenvalue weighted by molar-refractivity contribution is -0.132. The van der Waals surface area contributed by atoms with Crippen LogP contribution in [0.25, 0.3) is 5.76 Å². The number of aliphatic hydroxyl groups excluding tert-OH is 1. The van der Waals surface area contributed by atoms with Gasteiger partial charge in [0.15, 0.2) is 4.34 Å². The fraction of sp³-hybridized carbons (Fsp3) is 0.0800. The lowest BCUT2D eigenvalue weighted by Gasteiger charge is -2.22. The van der Waals surface area contributed by atoms with Crippen molar-refractivity contribution in [3.05, 3.63) is 105 Å². The van der Waals surface area contributed by atoms with E-state index in [2.05, 4.69) is 31.1 Å². The summed E-state index contributed by atoms with van der Waals surface area (Å²) in [6.45, 7) is 0. The highest BCUT2D eigenvalue weighted by atomic mass is 79.9. The normalized spacial score (nSPS) is 17.1. The fourth-order valence-electron chi connectivity index (χ4n) is 3.77. The summed E-state index contributed by atoms with van der Waals surface area (Å²) in [5, 5.41) is 20.5. The van der Waals surface area contributed by atoms with Crippen LogP contribution in [0.4, 0.5) is 5.13 Å². The number of hydrogen-bond acceptors (Lipinski definition) is 8. The monoisotopic (exact) mass is 598 g/mol. The van der Waals surface area contributed by atoms with E-state index in [-0.39, 0.29) is 16.5 Å². The number of thioether (sulfide) groups is 1. The predicted octanol–water partition coefficient (Wildman–Crippen LogP) is 6.27. The third-order valence-electron chi connectivity index (χ3n) is 5.49. The Balaban J connectivity index is 1.53. The molecule has 2 aromatic heterocycles. The Morgan fingerprint density at radius 2 is 1.78 bits per heavy atom. The summed E-state index contributed by atoms with van der Waals surface area (Å²) in [5.41, 5.74) is 1.97. The van der Waals surface area contributed by atoms with Crippen LogP contribution in [0.3, 0.4) is 0 Å². The van der Waals surface area contributed by atoms with E-state index in [1.54, 1.807) is 48.8 Å². The van der Waals surface area contributed by atoms with Crippen molar-refractivity contribution < 1.29 is 14.7 Å². The molecule has 1 N–H and O–H groups in total. The molecule has 5 rings (SSSR count). The molecule has 4 aromatic rings. The average Bonchev–Trinajstić information content (AvgIpc) is 3.46. The van der Waals surface area contributed by atoms with Crippen LogP contribution in [0.15, 0.2) is 87.4 Å². The van der Waals surface area contributed by atoms with Crippen molar-refractivity contribution in [3.63, 3.8) is 0 Å². The largest absolute Gasteiger partial charge is 0.507 e. The number of hydrogen-bond donors (Lipinski definition) is 1. The van der Waals surface area contributed by atoms with Gasteiger partial charge in [0.1, 0.15) is 5.76 Å². The van der Waals surface area contributed by atoms with Crippen molar-refractivity contribution in [3.8, 4) is 0 Å². The van der Waals surface area contributed by atoms with E-state index in [0.717, 1.165) is 10.0 Å². The van der Waals surface area contributed by atoms with Gasteiger partial charge in [-0.05, 0) is 41.5 Å². The molecular formula is C25H16BrClN4O3S2. The molecule has 1 aliphatic rings. The molecule has 0 spiro atoms. The van der Waals surface area contributed by atoms with Gasteiger partial charge in [-0.2, -0.15) is 0 Å². The molecule has 36 heavy (non-hydrogen) atoms. The number of carbonyl (C=O) groups is 2. The molecule has 1 amide bonds. The van der Waals surface area contributed by atoms with Gasteiger partial charge in [0.05, 0.1) is 11.6 Å². The summed E-state index contributed by atoms with van der Waals surface area (Å²) in [4.78, 5) is 31.8. The summed E-state index contributed by atoms with van der Waals surface area (Å²) >= 11 is 12.2. The van der Waals surface area contributed by atoms with Gasteiger partial charge in [-0.25, -0.2) is 0 Å². The molecule has 180 valence electrons. The Labute approximate surface area is 228 Å². The first kappa shape index (κ1) is 24.6. The predicted molar refractivity (Wildman–Crippen MR) is 144 cm³/mol. The molecule has 0 saturated carbocycles. The lowest BCUT2D eigenvalue weighted by atomic mass is 9.96. The molecule has 0 bridgehead atoms. The third kappa shape index (κ3) is 4.81. The zero-order valence-electron chi connectivity index (χ0n) is 18.3. The van der Waals surface area contributed by atoms with E-state index in [9.17, 15) is 14.7 Å². The molecular weight excluding hydrogens is 584 g/mol. The van der Waals surface area contributed by atoms with Gasteiger partial charge in [-0.3, -0.25) is 19.5 Å². The maximum absolute atomic E-state index is 13.2. The van der Waals surface area contributed by atoms with Gasteiger partial charge in [-0.1, -0.05) is 81.0 Å². The molecule has 1 fully saturated rings. The van der Waals surface area contributed by atoms with Gasteiger partial charge in [-0.15, -0.1) is 10.2 Å². The molecule has 1 atom stereocenters. The number of aliphatic hydroxyl groups is 1. The number of amides is 1. The average molecular weight is 600 g/mol. The Morgan fingerprint density at radius 3 is 2.50 bits per heavy atom. The van der Waals surface area contributed by atoms with E-state index >= 15 is 0 Å². The Kier molecular flexibility index (Phi) is 7.20. The molecule has 1 saturated heterocycles. The molecule has 3 heterocycles. The number of nitrogens with zero attached hydrogens (tertiary/aromatic N) is 4. The summed E-state index contributed by atoms with van der Waals surface area (Å²) in [6, 6.07) is 16.9. The number of rotatable bonds is 6. The van der Waals surface area contributed by atoms with Crippen molar-refractivity contribution in [2.24, 2.45) is 0 Å². The summed E-state index contributed by atoms with van der Waals surface area (Å²) in [5.74, 6) is -1.26. The van der Waals surface area contributed by atoms with Crippen molar-refractivity contribution in [1.82, 2.24) is 15.2 Å². The number of aromatic nitrogens is 3. The molecule has 11 heteroatoms. The van der Waals surface area contributed by atoms with Gasteiger partial charge in [0.25, 0.3) is 5.78 Å². The fourth-order valence-corrected chi connectivity index (χ4v) is 6.18. The van der Waals surface area contributed by atoms with Gasteiger partial charge in [0.2, 0.25) is 5.13 Å². The van der Waals surface area contributed by atoms with Gasteiger partial charge >= 0.3 is 5.91 Å². The number of carbonyl (C=O) groups excluding carboxylic acids is 2. The second kappa shape index (κ2) is 10.5. The molecule has 7 nitrogen and oxygen atoms in total. The van der Waals surface area contributed by atoms with E-state index in [1.165, 1.54) is 28.0 Å². The van der Waals surface area contributed by atoms with Crippen molar-refractivity contribution in [2.45, 2.75) is 16.1 Å². The minimum absolute atomic E-state index is 0.0195. The van der Waals surface area contributed by atoms with E-state index in [4.69, 9.17) is 11.6 Å². The number of ketones is 1. The Morgan fingerprint density at radius 1 is 1.06 bits per heavy atom. The van der Waals surface area contributed by atoms with Crippen molar-refractivity contribution >= 4 is 73.2 Å². The highest BCUT2D eigenvalue weighted by Crippen LogP contribution is 2.44. The minimum atomic E-state index is -0.883. The summed E-state index contributed by atoms with van der Waals surface area (Å²) in [7, 11) is 0. The highest BCUT2D eigenvalue weighted by molar-refractivity contribution is 9.10. The summed E-state index contributed by atoms with van der Waals surface area (Å²) < 4.78 is 1.44. The van der Waals surface area contributed by atoms with Crippen LogP contribution in [0, 0.1) is 0 Å². The van der Waals surface area contributed by atoms with Crippen LogP contribution in [-0.2, 0) is 15.3 Å². The number of pyridine rings is 1. The minimum Gasteiger partial charge on any atom is -0.507 e. The highest BCUT2D eigenvalue weighted by Gasteiger charge is 2.48. The molecule has 1 unspecified atom stereocenters. The first-order valence-corrected chi connectivity index (χ1v) is 13.6. The zero-order valence-corrected chi connectivity index (χ0v) is 22.3. The van der Waals surface area contributed by atoms with E-state index in [0.29, 0.717) is 26.2 Å². The Hall–Kier alpha value is -3.05. The molecule has 0 radical (unpaired) electrons. The zero-order chi connectivity index (χ0) is 25.2. The SMILES string of the molecule is O=C1C(=O)N(c2nnc(SCc3ccccc3Cl)s2)C(c2ccncc2)/C1=C(/O)c1ccc(Br)cc1. The maximum atomic E-state index is 13.2.